The molecule has 0 unspecified atom stereocenters. The Bertz CT molecular complexity index is 1060. The van der Waals surface area contributed by atoms with Gasteiger partial charge in [0, 0.05) is 13.1 Å². The lowest BCUT2D eigenvalue weighted by Crippen LogP contribution is -2.58. The van der Waals surface area contributed by atoms with Crippen molar-refractivity contribution in [3.05, 3.63) is 25.3 Å². The van der Waals surface area contributed by atoms with Crippen LogP contribution in [0.2, 0.25) is 0 Å². The van der Waals surface area contributed by atoms with Crippen LogP contribution >= 0.6 is 0 Å². The molecule has 0 aromatic carbocycles. The molecule has 4 N–H and O–H groups in total. The van der Waals surface area contributed by atoms with Gasteiger partial charge in [0.2, 0.25) is 27.7 Å². The van der Waals surface area contributed by atoms with Gasteiger partial charge in [0.25, 0.3) is 5.91 Å². The van der Waals surface area contributed by atoms with Crippen LogP contribution in [0.15, 0.2) is 25.3 Å². The number of carbonyl (C=O) groups excluding carboxylic acids is 5. The largest absolute Gasteiger partial charge is 0.444 e. The third kappa shape index (κ3) is 9.15. The van der Waals surface area contributed by atoms with E-state index in [4.69, 9.17) is 4.74 Å². The molecule has 1 aliphatic heterocycles. The van der Waals surface area contributed by atoms with Gasteiger partial charge >= 0.3 is 6.09 Å². The summed E-state index contributed by atoms with van der Waals surface area (Å²) in [6, 6.07) is -3.45. The fraction of sp³-hybridized carbons (Fsp3) is 0.625. The Morgan fingerprint density at radius 1 is 1.05 bits per heavy atom. The lowest BCUT2D eigenvalue weighted by molar-refractivity contribution is -0.140. The number of rotatable bonds is 12. The van der Waals surface area contributed by atoms with Crippen molar-refractivity contribution in [2.75, 3.05) is 13.1 Å². The number of ether oxygens (including phenoxy) is 1. The molecule has 212 valence electrons. The summed E-state index contributed by atoms with van der Waals surface area (Å²) < 4.78 is 31.6. The van der Waals surface area contributed by atoms with E-state index in [1.807, 2.05) is 4.72 Å². The summed E-state index contributed by atoms with van der Waals surface area (Å²) in [5, 5.41) is 6.79. The summed E-state index contributed by atoms with van der Waals surface area (Å²) in [5.74, 6) is -2.76. The molecule has 2 aliphatic rings. The third-order valence-electron chi connectivity index (χ3n) is 5.73. The first-order chi connectivity index (χ1) is 17.7. The molecule has 0 bridgehead atoms. The van der Waals surface area contributed by atoms with Gasteiger partial charge in [-0.3, -0.25) is 23.9 Å². The van der Waals surface area contributed by atoms with E-state index in [0.717, 1.165) is 6.08 Å². The maximum absolute atomic E-state index is 13.4. The maximum Gasteiger partial charge on any atom is 0.408 e. The molecule has 0 radical (unpaired) electrons. The number of nitrogens with zero attached hydrogens (tertiary/aromatic N) is 1. The van der Waals surface area contributed by atoms with Gasteiger partial charge in [0.15, 0.2) is 0 Å². The third-order valence-corrected chi connectivity index (χ3v) is 7.57. The fourth-order valence-corrected chi connectivity index (χ4v) is 5.11. The van der Waals surface area contributed by atoms with Crippen molar-refractivity contribution in [3.63, 3.8) is 0 Å². The standard InChI is InChI=1S/C24H37N5O8S/c1-6-9-16(20(31)28-38(35,36)15-11-12-15)26-21(32)18-10-8-13-29(18)22(33)17(14-25-19(30)7-2)27-23(34)37-24(3,4)5/h6-7,15-18H,1-2,8-14H2,3-5H3,(H,25,30)(H,26,32)(H,27,34)(H,28,31)/t16-,17+,18+/m1/s1. The summed E-state index contributed by atoms with van der Waals surface area (Å²) in [4.78, 5) is 64.5. The second kappa shape index (κ2) is 12.9. The van der Waals surface area contributed by atoms with E-state index in [1.165, 1.54) is 11.0 Å². The Labute approximate surface area is 222 Å². The minimum Gasteiger partial charge on any atom is -0.444 e. The Morgan fingerprint density at radius 2 is 1.71 bits per heavy atom. The van der Waals surface area contributed by atoms with Gasteiger partial charge in [-0.15, -0.1) is 6.58 Å². The predicted octanol–water partition coefficient (Wildman–Crippen LogP) is -0.158. The number of nitrogens with one attached hydrogen (secondary N) is 4. The number of sulfonamides is 1. The van der Waals surface area contributed by atoms with E-state index in [2.05, 4.69) is 29.1 Å². The summed E-state index contributed by atoms with van der Waals surface area (Å²) in [7, 11) is -3.82. The molecule has 5 amide bonds. The van der Waals surface area contributed by atoms with Crippen molar-refractivity contribution in [2.24, 2.45) is 0 Å². The SMILES string of the molecule is C=CC[C@@H](NC(=O)[C@@H]1CCCN1C(=O)[C@H](CNC(=O)C=C)NC(=O)OC(C)(C)C)C(=O)NS(=O)(=O)C1CC1. The molecule has 2 fully saturated rings. The van der Waals surface area contributed by atoms with Crippen molar-refractivity contribution in [1.29, 1.82) is 0 Å². The summed E-state index contributed by atoms with van der Waals surface area (Å²) in [6.07, 6.45) is 3.13. The lowest BCUT2D eigenvalue weighted by atomic mass is 10.1. The van der Waals surface area contributed by atoms with E-state index >= 15 is 0 Å². The molecule has 2 rings (SSSR count). The summed E-state index contributed by atoms with van der Waals surface area (Å²) in [5.41, 5.74) is -0.841. The molecule has 0 aromatic rings. The highest BCUT2D eigenvalue weighted by Gasteiger charge is 2.41. The van der Waals surface area contributed by atoms with E-state index in [0.29, 0.717) is 19.3 Å². The molecule has 1 saturated carbocycles. The van der Waals surface area contributed by atoms with Crippen LogP contribution in [0.3, 0.4) is 0 Å². The van der Waals surface area contributed by atoms with Crippen molar-refractivity contribution in [3.8, 4) is 0 Å². The Kier molecular flexibility index (Phi) is 10.5. The monoisotopic (exact) mass is 555 g/mol. The Hall–Kier alpha value is -3.42. The average molecular weight is 556 g/mol. The van der Waals surface area contributed by atoms with E-state index < -0.39 is 68.7 Å². The second-order valence-corrected chi connectivity index (χ2v) is 12.1. The van der Waals surface area contributed by atoms with Gasteiger partial charge in [-0.2, -0.15) is 0 Å². The molecular weight excluding hydrogens is 518 g/mol. The van der Waals surface area contributed by atoms with Crippen LogP contribution < -0.4 is 20.7 Å². The zero-order chi connectivity index (χ0) is 28.7. The normalized spacial score (nSPS) is 18.9. The quantitative estimate of drug-likeness (QED) is 0.189. The number of carbonyl (C=O) groups is 5. The predicted molar refractivity (Wildman–Crippen MR) is 138 cm³/mol. The highest BCUT2D eigenvalue weighted by molar-refractivity contribution is 7.90. The van der Waals surface area contributed by atoms with Gasteiger partial charge < -0.3 is 25.6 Å². The van der Waals surface area contributed by atoms with Crippen molar-refractivity contribution >= 4 is 39.7 Å². The maximum atomic E-state index is 13.4. The van der Waals surface area contributed by atoms with Gasteiger partial charge in [-0.25, -0.2) is 13.2 Å². The van der Waals surface area contributed by atoms with Crippen LogP contribution in [0.1, 0.15) is 52.9 Å². The minimum absolute atomic E-state index is 0.0329. The van der Waals surface area contributed by atoms with Crippen LogP contribution in [0.4, 0.5) is 4.79 Å². The molecule has 1 heterocycles. The molecule has 3 atom stereocenters. The number of likely N-dealkylation sites (tertiary alicyclic amines) is 1. The van der Waals surface area contributed by atoms with Crippen molar-refractivity contribution in [1.82, 2.24) is 25.6 Å². The molecule has 1 saturated heterocycles. The fourth-order valence-electron chi connectivity index (χ4n) is 3.77. The van der Waals surface area contributed by atoms with Crippen LogP contribution in [0, 0.1) is 0 Å². The molecule has 38 heavy (non-hydrogen) atoms. The van der Waals surface area contributed by atoms with Crippen LogP contribution in [-0.2, 0) is 33.9 Å². The van der Waals surface area contributed by atoms with Gasteiger partial charge in [0.1, 0.15) is 23.7 Å². The van der Waals surface area contributed by atoms with Crippen LogP contribution in [-0.4, -0.2) is 85.1 Å². The Balaban J connectivity index is 2.14. The van der Waals surface area contributed by atoms with Gasteiger partial charge in [-0.1, -0.05) is 12.7 Å². The van der Waals surface area contributed by atoms with Crippen LogP contribution in [0.5, 0.6) is 0 Å². The molecule has 0 spiro atoms. The average Bonchev–Trinajstić information content (AvgIpc) is 3.57. The van der Waals surface area contributed by atoms with E-state index in [1.54, 1.807) is 20.8 Å². The van der Waals surface area contributed by atoms with Crippen LogP contribution in [0.25, 0.3) is 0 Å². The highest BCUT2D eigenvalue weighted by Crippen LogP contribution is 2.27. The topological polar surface area (TPSA) is 180 Å². The Morgan fingerprint density at radius 3 is 2.26 bits per heavy atom. The second-order valence-electron chi connectivity index (χ2n) is 10.1. The lowest BCUT2D eigenvalue weighted by Gasteiger charge is -2.30. The van der Waals surface area contributed by atoms with Gasteiger partial charge in [-0.05, 0) is 59.0 Å². The summed E-state index contributed by atoms with van der Waals surface area (Å²) >= 11 is 0. The molecule has 1 aliphatic carbocycles. The number of amides is 5. The van der Waals surface area contributed by atoms with E-state index in [-0.39, 0.29) is 25.9 Å². The van der Waals surface area contributed by atoms with Crippen molar-refractivity contribution < 1.29 is 37.1 Å². The first kappa shape index (κ1) is 30.8. The molecule has 0 aromatic heterocycles. The number of hydrogen-bond acceptors (Lipinski definition) is 8. The number of alkyl carbamates (subject to hydrolysis) is 1. The summed E-state index contributed by atoms with van der Waals surface area (Å²) in [6.45, 7) is 11.8. The highest BCUT2D eigenvalue weighted by atomic mass is 32.2. The zero-order valence-corrected chi connectivity index (χ0v) is 22.8. The first-order valence-corrected chi connectivity index (χ1v) is 13.9. The van der Waals surface area contributed by atoms with Gasteiger partial charge in [0.05, 0.1) is 5.25 Å². The molecule has 14 heteroatoms. The number of hydrogen-bond donors (Lipinski definition) is 4. The first-order valence-electron chi connectivity index (χ1n) is 12.4. The smallest absolute Gasteiger partial charge is 0.408 e. The molecule has 13 nitrogen and oxygen atoms in total. The zero-order valence-electron chi connectivity index (χ0n) is 21.9. The molecular formula is C24H37N5O8S. The van der Waals surface area contributed by atoms with Crippen molar-refractivity contribution in [2.45, 2.75) is 81.9 Å². The van der Waals surface area contributed by atoms with E-state index in [9.17, 15) is 32.4 Å². The minimum atomic E-state index is -3.82.